The van der Waals surface area contributed by atoms with Gasteiger partial charge in [0.15, 0.2) is 0 Å². The number of aliphatic hydroxyl groups is 1. The molecule has 1 rings (SSSR count). The largest absolute Gasteiger partial charge is 0.466 e. The van der Waals surface area contributed by atoms with Crippen molar-refractivity contribution in [3.05, 3.63) is 17.2 Å². The van der Waals surface area contributed by atoms with Crippen LogP contribution >= 0.6 is 11.6 Å². The molecule has 0 fully saturated rings. The molecule has 0 amide bonds. The Labute approximate surface area is 112 Å². The molecule has 102 valence electrons. The zero-order valence-corrected chi connectivity index (χ0v) is 11.8. The second kappa shape index (κ2) is 6.20. The fourth-order valence-corrected chi connectivity index (χ4v) is 1.98. The molecule has 0 saturated heterocycles. The third-order valence-electron chi connectivity index (χ3n) is 2.85. The van der Waals surface area contributed by atoms with Crippen LogP contribution in [-0.2, 0) is 16.6 Å². The Morgan fingerprint density at radius 3 is 2.61 bits per heavy atom. The number of imidazole rings is 1. The van der Waals surface area contributed by atoms with E-state index in [4.69, 9.17) is 16.3 Å². The van der Waals surface area contributed by atoms with Crippen molar-refractivity contribution in [2.45, 2.75) is 26.9 Å². The highest BCUT2D eigenvalue weighted by Crippen LogP contribution is 2.29. The molecule has 18 heavy (non-hydrogen) atoms. The van der Waals surface area contributed by atoms with E-state index in [0.29, 0.717) is 11.0 Å². The average molecular weight is 275 g/mol. The molecule has 1 aromatic heterocycles. The summed E-state index contributed by atoms with van der Waals surface area (Å²) in [5.41, 5.74) is 0. The van der Waals surface area contributed by atoms with E-state index in [1.165, 1.54) is 6.20 Å². The maximum Gasteiger partial charge on any atom is 0.312 e. The van der Waals surface area contributed by atoms with Gasteiger partial charge in [0.05, 0.1) is 18.7 Å². The molecule has 1 aromatic rings. The fourth-order valence-electron chi connectivity index (χ4n) is 1.84. The van der Waals surface area contributed by atoms with E-state index < -0.39 is 18.0 Å². The van der Waals surface area contributed by atoms with Gasteiger partial charge in [0.25, 0.3) is 0 Å². The third-order valence-corrected chi connectivity index (χ3v) is 3.20. The minimum atomic E-state index is -1.03. The SMILES string of the molecule is CCOC(=O)C(C(C)C)C(O)c1ncc(Cl)n1C. The number of nitrogens with zero attached hydrogens (tertiary/aromatic N) is 2. The topological polar surface area (TPSA) is 64.3 Å². The third kappa shape index (κ3) is 3.03. The molecule has 1 N–H and O–H groups in total. The lowest BCUT2D eigenvalue weighted by Crippen LogP contribution is -2.30. The molecule has 2 unspecified atom stereocenters. The summed E-state index contributed by atoms with van der Waals surface area (Å²) in [6.07, 6.45) is 0.421. The predicted octanol–water partition coefficient (Wildman–Crippen LogP) is 1.94. The lowest BCUT2D eigenvalue weighted by Gasteiger charge is -2.24. The summed E-state index contributed by atoms with van der Waals surface area (Å²) < 4.78 is 6.54. The van der Waals surface area contributed by atoms with Crippen LogP contribution in [0.25, 0.3) is 0 Å². The van der Waals surface area contributed by atoms with Crippen molar-refractivity contribution >= 4 is 17.6 Å². The molecular formula is C12H19ClN2O3. The summed E-state index contributed by atoms with van der Waals surface area (Å²) in [5, 5.41) is 10.7. The first kappa shape index (κ1) is 15.0. The van der Waals surface area contributed by atoms with Crippen LogP contribution in [0, 0.1) is 11.8 Å². The van der Waals surface area contributed by atoms with Gasteiger partial charge in [-0.3, -0.25) is 4.79 Å². The highest BCUT2D eigenvalue weighted by atomic mass is 35.5. The molecule has 0 aliphatic rings. The van der Waals surface area contributed by atoms with Gasteiger partial charge < -0.3 is 14.4 Å². The summed E-state index contributed by atoms with van der Waals surface area (Å²) in [7, 11) is 1.69. The average Bonchev–Trinajstić information content (AvgIpc) is 2.59. The van der Waals surface area contributed by atoms with Gasteiger partial charge in [-0.1, -0.05) is 25.4 Å². The fraction of sp³-hybridized carbons (Fsp3) is 0.667. The predicted molar refractivity (Wildman–Crippen MR) is 68.1 cm³/mol. The zero-order chi connectivity index (χ0) is 13.9. The van der Waals surface area contributed by atoms with Gasteiger partial charge >= 0.3 is 5.97 Å². The number of aliphatic hydroxyl groups excluding tert-OH is 1. The van der Waals surface area contributed by atoms with Crippen LogP contribution in [0.2, 0.25) is 5.15 Å². The van der Waals surface area contributed by atoms with Gasteiger partial charge in [0.2, 0.25) is 0 Å². The summed E-state index contributed by atoms with van der Waals surface area (Å²) in [5.74, 6) is -0.762. The van der Waals surface area contributed by atoms with E-state index in [-0.39, 0.29) is 12.5 Å². The van der Waals surface area contributed by atoms with Crippen molar-refractivity contribution in [1.29, 1.82) is 0 Å². The zero-order valence-electron chi connectivity index (χ0n) is 11.1. The molecule has 0 aliphatic heterocycles. The van der Waals surface area contributed by atoms with Crippen molar-refractivity contribution in [3.8, 4) is 0 Å². The van der Waals surface area contributed by atoms with Gasteiger partial charge in [0, 0.05) is 7.05 Å². The molecule has 6 heteroatoms. The van der Waals surface area contributed by atoms with E-state index in [9.17, 15) is 9.90 Å². The monoisotopic (exact) mass is 274 g/mol. The number of carbonyl (C=O) groups is 1. The van der Waals surface area contributed by atoms with Gasteiger partial charge in [0.1, 0.15) is 17.1 Å². The van der Waals surface area contributed by atoms with Gasteiger partial charge in [-0.15, -0.1) is 0 Å². The number of aromatic nitrogens is 2. The van der Waals surface area contributed by atoms with Crippen LogP contribution in [0.3, 0.4) is 0 Å². The van der Waals surface area contributed by atoms with Gasteiger partial charge in [-0.25, -0.2) is 4.98 Å². The van der Waals surface area contributed by atoms with E-state index in [2.05, 4.69) is 4.98 Å². The number of halogens is 1. The Balaban J connectivity index is 3.00. The van der Waals surface area contributed by atoms with Crippen LogP contribution in [0.5, 0.6) is 0 Å². The second-order valence-corrected chi connectivity index (χ2v) is 4.85. The molecule has 0 aromatic carbocycles. The van der Waals surface area contributed by atoms with Crippen LogP contribution in [0.1, 0.15) is 32.7 Å². The molecule has 2 atom stereocenters. The summed E-state index contributed by atoms with van der Waals surface area (Å²) in [6.45, 7) is 5.74. The lowest BCUT2D eigenvalue weighted by molar-refractivity contribution is -0.154. The molecule has 0 spiro atoms. The number of rotatable bonds is 5. The first-order valence-corrected chi connectivity index (χ1v) is 6.29. The summed E-state index contributed by atoms with van der Waals surface area (Å²) in [6, 6.07) is 0. The minimum Gasteiger partial charge on any atom is -0.466 e. The van der Waals surface area contributed by atoms with Crippen molar-refractivity contribution in [2.75, 3.05) is 6.61 Å². The van der Waals surface area contributed by atoms with Crippen LogP contribution < -0.4 is 0 Å². The molecule has 0 saturated carbocycles. The summed E-state index contributed by atoms with van der Waals surface area (Å²) in [4.78, 5) is 15.9. The maximum absolute atomic E-state index is 11.9. The van der Waals surface area contributed by atoms with E-state index in [0.717, 1.165) is 0 Å². The highest BCUT2D eigenvalue weighted by Gasteiger charge is 2.34. The Kier molecular flexibility index (Phi) is 5.16. The van der Waals surface area contributed by atoms with Gasteiger partial charge in [-0.05, 0) is 12.8 Å². The van der Waals surface area contributed by atoms with Crippen molar-refractivity contribution in [2.24, 2.45) is 18.9 Å². The molecule has 5 nitrogen and oxygen atoms in total. The standard InChI is InChI=1S/C12H19ClN2O3/c1-5-18-12(17)9(7(2)3)10(16)11-14-6-8(13)15(11)4/h6-7,9-10,16H,5H2,1-4H3. The Bertz CT molecular complexity index is 417. The maximum atomic E-state index is 11.9. The Morgan fingerprint density at radius 1 is 1.61 bits per heavy atom. The van der Waals surface area contributed by atoms with Crippen molar-refractivity contribution in [1.82, 2.24) is 9.55 Å². The van der Waals surface area contributed by atoms with Crippen molar-refractivity contribution in [3.63, 3.8) is 0 Å². The number of hydrogen-bond donors (Lipinski definition) is 1. The summed E-state index contributed by atoms with van der Waals surface area (Å²) >= 11 is 5.87. The lowest BCUT2D eigenvalue weighted by atomic mass is 9.90. The molecule has 0 bridgehead atoms. The molecular weight excluding hydrogens is 256 g/mol. The number of ether oxygens (including phenoxy) is 1. The van der Waals surface area contributed by atoms with Gasteiger partial charge in [-0.2, -0.15) is 0 Å². The smallest absolute Gasteiger partial charge is 0.312 e. The number of hydrogen-bond acceptors (Lipinski definition) is 4. The van der Waals surface area contributed by atoms with Crippen LogP contribution in [0.15, 0.2) is 6.20 Å². The molecule has 0 aliphatic carbocycles. The van der Waals surface area contributed by atoms with E-state index in [1.54, 1.807) is 18.5 Å². The number of carbonyl (C=O) groups excluding carboxylic acids is 1. The number of esters is 1. The van der Waals surface area contributed by atoms with Crippen LogP contribution in [-0.4, -0.2) is 27.2 Å². The van der Waals surface area contributed by atoms with Crippen molar-refractivity contribution < 1.29 is 14.6 Å². The molecule has 1 heterocycles. The molecule has 0 radical (unpaired) electrons. The van der Waals surface area contributed by atoms with E-state index >= 15 is 0 Å². The second-order valence-electron chi connectivity index (χ2n) is 4.46. The minimum absolute atomic E-state index is 0.0606. The van der Waals surface area contributed by atoms with Crippen LogP contribution in [0.4, 0.5) is 0 Å². The normalized spacial score (nSPS) is 14.6. The Morgan fingerprint density at radius 2 is 2.22 bits per heavy atom. The highest BCUT2D eigenvalue weighted by molar-refractivity contribution is 6.29. The first-order chi connectivity index (χ1) is 8.40. The first-order valence-electron chi connectivity index (χ1n) is 5.91. The quantitative estimate of drug-likeness (QED) is 0.834. The Hall–Kier alpha value is -1.07. The van der Waals surface area contributed by atoms with E-state index in [1.807, 2.05) is 13.8 Å².